The van der Waals surface area contributed by atoms with Crippen LogP contribution in [0.15, 0.2) is 11.6 Å². The third-order valence-corrected chi connectivity index (χ3v) is 11.4. The van der Waals surface area contributed by atoms with E-state index in [0.29, 0.717) is 31.3 Å². The van der Waals surface area contributed by atoms with Crippen molar-refractivity contribution in [1.82, 2.24) is 0 Å². The Bertz CT molecular complexity index is 934. The number of aliphatic hydroxyl groups excluding tert-OH is 3. The van der Waals surface area contributed by atoms with E-state index in [1.165, 1.54) is 27.7 Å². The van der Waals surface area contributed by atoms with Crippen LogP contribution >= 0.6 is 0 Å². The van der Waals surface area contributed by atoms with Gasteiger partial charge in [0.25, 0.3) is 0 Å². The van der Waals surface area contributed by atoms with Crippen LogP contribution in [0.3, 0.4) is 0 Å². The first-order chi connectivity index (χ1) is 16.2. The molecule has 0 radical (unpaired) electrons. The van der Waals surface area contributed by atoms with Crippen LogP contribution in [0.25, 0.3) is 0 Å². The summed E-state index contributed by atoms with van der Waals surface area (Å²) in [5.41, 5.74) is -6.96. The predicted molar refractivity (Wildman–Crippen MR) is 133 cm³/mol. The van der Waals surface area contributed by atoms with Gasteiger partial charge in [0.1, 0.15) is 0 Å². The fourth-order valence-electron chi connectivity index (χ4n) is 8.37. The Kier molecular flexibility index (Phi) is 6.50. The zero-order valence-electron chi connectivity index (χ0n) is 22.5. The first-order valence-electron chi connectivity index (χ1n) is 13.4. The minimum atomic E-state index is -1.67. The monoisotopic (exact) mass is 510 g/mol. The standard InChI is InChI=1S/C28H46O8/c1-23(2,33)26(5,34)14-22(32)27(6,35)21-8-10-28(36)16-11-18(29)17-12-19(30)20(31)13-24(17,3)15(16)7-9-25(21,28)4/h11,15,17,19-22,30-36H,7-10,12-14H2,1-6H3/t15-,17-,19+,20-,21-,22+,24+,25+,26-,27+,28+/m0/s1. The molecule has 4 aliphatic carbocycles. The Labute approximate surface area is 214 Å². The molecular weight excluding hydrogens is 464 g/mol. The lowest BCUT2D eigenvalue weighted by molar-refractivity contribution is -0.197. The van der Waals surface area contributed by atoms with Crippen LogP contribution in [0, 0.1) is 28.6 Å². The number of rotatable bonds is 5. The van der Waals surface area contributed by atoms with E-state index in [4.69, 9.17) is 0 Å². The summed E-state index contributed by atoms with van der Waals surface area (Å²) in [5, 5.41) is 76.9. The van der Waals surface area contributed by atoms with Crippen molar-refractivity contribution < 1.29 is 40.5 Å². The van der Waals surface area contributed by atoms with Crippen molar-refractivity contribution in [1.29, 1.82) is 0 Å². The fraction of sp³-hybridized carbons (Fsp3) is 0.893. The minimum Gasteiger partial charge on any atom is -0.390 e. The highest BCUT2D eigenvalue weighted by atomic mass is 16.4. The fourth-order valence-corrected chi connectivity index (χ4v) is 8.37. The summed E-state index contributed by atoms with van der Waals surface area (Å²) in [6, 6.07) is 0. The Morgan fingerprint density at radius 3 is 2.19 bits per heavy atom. The molecule has 0 heterocycles. The van der Waals surface area contributed by atoms with Crippen molar-refractivity contribution in [2.75, 3.05) is 0 Å². The van der Waals surface area contributed by atoms with E-state index in [1.807, 2.05) is 13.8 Å². The Morgan fingerprint density at radius 2 is 1.61 bits per heavy atom. The van der Waals surface area contributed by atoms with Gasteiger partial charge in [-0.15, -0.1) is 0 Å². The molecule has 206 valence electrons. The number of hydrogen-bond donors (Lipinski definition) is 7. The van der Waals surface area contributed by atoms with Gasteiger partial charge in [-0.3, -0.25) is 4.79 Å². The number of hydrogen-bond acceptors (Lipinski definition) is 8. The van der Waals surface area contributed by atoms with Crippen LogP contribution < -0.4 is 0 Å². The van der Waals surface area contributed by atoms with E-state index in [2.05, 4.69) is 0 Å². The van der Waals surface area contributed by atoms with Crippen LogP contribution in [0.2, 0.25) is 0 Å². The van der Waals surface area contributed by atoms with Gasteiger partial charge in [0.05, 0.1) is 40.7 Å². The molecule has 3 saturated carbocycles. The number of aliphatic hydroxyl groups is 7. The van der Waals surface area contributed by atoms with Crippen molar-refractivity contribution in [2.24, 2.45) is 28.6 Å². The summed E-state index contributed by atoms with van der Waals surface area (Å²) in [6.45, 7) is 9.76. The van der Waals surface area contributed by atoms with E-state index in [1.54, 1.807) is 6.08 Å². The van der Waals surface area contributed by atoms with Crippen molar-refractivity contribution in [3.63, 3.8) is 0 Å². The quantitative estimate of drug-likeness (QED) is 0.291. The molecule has 0 aromatic heterocycles. The molecule has 11 atom stereocenters. The average molecular weight is 511 g/mol. The molecule has 8 heteroatoms. The van der Waals surface area contributed by atoms with Crippen LogP contribution in [0.1, 0.15) is 86.5 Å². The van der Waals surface area contributed by atoms with Gasteiger partial charge in [0.15, 0.2) is 5.78 Å². The van der Waals surface area contributed by atoms with Crippen LogP contribution in [0.5, 0.6) is 0 Å². The highest BCUT2D eigenvalue weighted by molar-refractivity contribution is 5.95. The van der Waals surface area contributed by atoms with Gasteiger partial charge in [0.2, 0.25) is 0 Å². The molecule has 0 spiro atoms. The second-order valence-corrected chi connectivity index (χ2v) is 13.9. The summed E-state index contributed by atoms with van der Waals surface area (Å²) in [4.78, 5) is 13.3. The smallest absolute Gasteiger partial charge is 0.159 e. The molecule has 4 aliphatic rings. The maximum atomic E-state index is 13.3. The molecule has 7 N–H and O–H groups in total. The highest BCUT2D eigenvalue weighted by Gasteiger charge is 2.69. The molecule has 36 heavy (non-hydrogen) atoms. The van der Waals surface area contributed by atoms with Gasteiger partial charge in [0, 0.05) is 17.8 Å². The number of ketones is 1. The van der Waals surface area contributed by atoms with Crippen LogP contribution in [-0.4, -0.2) is 82.2 Å². The molecule has 8 nitrogen and oxygen atoms in total. The molecule has 0 bridgehead atoms. The van der Waals surface area contributed by atoms with Crippen molar-refractivity contribution in [2.45, 2.75) is 127 Å². The number of carbonyl (C=O) groups is 1. The average Bonchev–Trinajstić information content (AvgIpc) is 3.01. The van der Waals surface area contributed by atoms with Crippen molar-refractivity contribution in [3.05, 3.63) is 11.6 Å². The summed E-state index contributed by atoms with van der Waals surface area (Å²) in [6.07, 6.45) is 0.520. The van der Waals surface area contributed by atoms with Crippen LogP contribution in [-0.2, 0) is 4.79 Å². The van der Waals surface area contributed by atoms with Gasteiger partial charge in [-0.05, 0) is 95.1 Å². The predicted octanol–water partition coefficient (Wildman–Crippen LogP) is 1.21. The lowest BCUT2D eigenvalue weighted by atomic mass is 9.45. The molecule has 0 aromatic rings. The molecule has 0 aliphatic heterocycles. The van der Waals surface area contributed by atoms with Gasteiger partial charge in [-0.2, -0.15) is 0 Å². The summed E-state index contributed by atoms with van der Waals surface area (Å²) in [7, 11) is 0. The topological polar surface area (TPSA) is 159 Å². The van der Waals surface area contributed by atoms with Gasteiger partial charge >= 0.3 is 0 Å². The second-order valence-electron chi connectivity index (χ2n) is 13.9. The Hall–Kier alpha value is -0.870. The summed E-state index contributed by atoms with van der Waals surface area (Å²) < 4.78 is 0. The van der Waals surface area contributed by atoms with E-state index in [-0.39, 0.29) is 31.0 Å². The highest BCUT2D eigenvalue weighted by Crippen LogP contribution is 2.68. The normalized spacial score (nSPS) is 47.1. The van der Waals surface area contributed by atoms with Crippen LogP contribution in [0.4, 0.5) is 0 Å². The number of carbonyl (C=O) groups excluding carboxylic acids is 1. The maximum absolute atomic E-state index is 13.3. The minimum absolute atomic E-state index is 0.134. The molecule has 3 fully saturated rings. The molecule has 0 amide bonds. The second kappa shape index (κ2) is 8.31. The van der Waals surface area contributed by atoms with Crippen molar-refractivity contribution >= 4 is 5.78 Å². The maximum Gasteiger partial charge on any atom is 0.159 e. The summed E-state index contributed by atoms with van der Waals surface area (Å²) >= 11 is 0. The Morgan fingerprint density at radius 1 is 1.00 bits per heavy atom. The zero-order chi connectivity index (χ0) is 27.3. The molecule has 0 unspecified atom stereocenters. The number of allylic oxidation sites excluding steroid dienone is 1. The zero-order valence-corrected chi connectivity index (χ0v) is 22.5. The van der Waals surface area contributed by atoms with Crippen molar-refractivity contribution in [3.8, 4) is 0 Å². The molecule has 4 rings (SSSR count). The van der Waals surface area contributed by atoms with E-state index < -0.39 is 63.4 Å². The molecule has 0 aromatic carbocycles. The lowest BCUT2D eigenvalue weighted by Gasteiger charge is -2.60. The lowest BCUT2D eigenvalue weighted by Crippen LogP contribution is -2.63. The number of fused-ring (bicyclic) bond motifs is 5. The van der Waals surface area contributed by atoms with E-state index in [9.17, 15) is 40.5 Å². The third kappa shape index (κ3) is 3.78. The van der Waals surface area contributed by atoms with Gasteiger partial charge in [-0.25, -0.2) is 0 Å². The third-order valence-electron chi connectivity index (χ3n) is 11.4. The largest absolute Gasteiger partial charge is 0.390 e. The van der Waals surface area contributed by atoms with E-state index >= 15 is 0 Å². The molecular formula is C28H46O8. The van der Waals surface area contributed by atoms with E-state index in [0.717, 1.165) is 0 Å². The first kappa shape index (κ1) is 28.1. The molecule has 0 saturated heterocycles. The summed E-state index contributed by atoms with van der Waals surface area (Å²) in [5.74, 6) is -1.21. The SMILES string of the molecule is CC(C)(O)[C@@](C)(O)C[C@@H](O)[C@](C)(O)[C@H]1CC[C@@]2(O)C3=CC(=O)[C@@H]4C[C@@H](O)[C@@H](O)C[C@]4(C)[C@H]3CC[C@]12C. The first-order valence-corrected chi connectivity index (χ1v) is 13.4. The Balaban J connectivity index is 1.68. The van der Waals surface area contributed by atoms with Gasteiger partial charge in [-0.1, -0.05) is 13.8 Å². The van der Waals surface area contributed by atoms with Gasteiger partial charge < -0.3 is 35.7 Å².